The number of pyridine rings is 1. The highest BCUT2D eigenvalue weighted by atomic mass is 16.3. The molecule has 0 spiro atoms. The van der Waals surface area contributed by atoms with Gasteiger partial charge in [0.15, 0.2) is 0 Å². The van der Waals surface area contributed by atoms with Gasteiger partial charge in [0.1, 0.15) is 6.07 Å². The fourth-order valence-electron chi connectivity index (χ4n) is 2.07. The van der Waals surface area contributed by atoms with Gasteiger partial charge in [-0.25, -0.2) is 0 Å². The number of nitrogens with one attached hydrogen (secondary N) is 1. The summed E-state index contributed by atoms with van der Waals surface area (Å²) in [4.78, 5) is 4.23. The number of anilines is 1. The smallest absolute Gasteiger partial charge is 0.103 e. The molecule has 0 aliphatic heterocycles. The van der Waals surface area contributed by atoms with E-state index in [-0.39, 0.29) is 13.2 Å². The van der Waals surface area contributed by atoms with Gasteiger partial charge >= 0.3 is 0 Å². The summed E-state index contributed by atoms with van der Waals surface area (Å²) in [6, 6.07) is 9.54. The maximum absolute atomic E-state index is 9.55. The molecule has 2 rings (SSSR count). The Morgan fingerprint density at radius 1 is 1.30 bits per heavy atom. The summed E-state index contributed by atoms with van der Waals surface area (Å²) in [5.41, 5.74) is 0.900. The molecule has 2 aromatic rings. The molecule has 0 amide bonds. The lowest BCUT2D eigenvalue weighted by molar-refractivity contribution is 0.132. The van der Waals surface area contributed by atoms with Crippen molar-refractivity contribution in [3.63, 3.8) is 0 Å². The molecule has 5 heteroatoms. The molecule has 0 radical (unpaired) electrons. The third-order valence-electron chi connectivity index (χ3n) is 3.57. The van der Waals surface area contributed by atoms with E-state index >= 15 is 0 Å². The predicted molar refractivity (Wildman–Crippen MR) is 77.3 cm³/mol. The Labute approximate surface area is 117 Å². The average Bonchev–Trinajstić information content (AvgIpc) is 2.52. The highest BCUT2D eigenvalue weighted by Gasteiger charge is 2.28. The molecule has 0 saturated carbocycles. The first-order valence-electron chi connectivity index (χ1n) is 6.47. The van der Waals surface area contributed by atoms with Crippen LogP contribution in [0.15, 0.2) is 30.5 Å². The normalized spacial score (nSPS) is 11.3. The number of aliphatic hydroxyl groups is 2. The van der Waals surface area contributed by atoms with Gasteiger partial charge in [-0.15, -0.1) is 0 Å². The summed E-state index contributed by atoms with van der Waals surface area (Å²) in [5, 5.41) is 32.3. The molecule has 1 heterocycles. The SMILES string of the molecule is CCC(CO)(CO)Nc1c(C#N)cnc2ccccc12. The summed E-state index contributed by atoms with van der Waals surface area (Å²) in [7, 11) is 0. The lowest BCUT2D eigenvalue weighted by Crippen LogP contribution is -2.45. The second kappa shape index (κ2) is 5.87. The predicted octanol–water partition coefficient (Wildman–Crippen LogP) is 1.65. The van der Waals surface area contributed by atoms with E-state index in [0.29, 0.717) is 17.7 Å². The van der Waals surface area contributed by atoms with Gasteiger partial charge in [0.25, 0.3) is 0 Å². The average molecular weight is 271 g/mol. The Kier molecular flexibility index (Phi) is 4.18. The van der Waals surface area contributed by atoms with Crippen molar-refractivity contribution in [2.24, 2.45) is 0 Å². The minimum atomic E-state index is -0.851. The van der Waals surface area contributed by atoms with E-state index < -0.39 is 5.54 Å². The van der Waals surface area contributed by atoms with Crippen LogP contribution < -0.4 is 5.32 Å². The minimum Gasteiger partial charge on any atom is -0.394 e. The van der Waals surface area contributed by atoms with Gasteiger partial charge in [-0.3, -0.25) is 4.98 Å². The number of benzene rings is 1. The van der Waals surface area contributed by atoms with Crippen LogP contribution >= 0.6 is 0 Å². The van der Waals surface area contributed by atoms with Crippen LogP contribution in [0.5, 0.6) is 0 Å². The maximum Gasteiger partial charge on any atom is 0.103 e. The number of hydrogen-bond donors (Lipinski definition) is 3. The van der Waals surface area contributed by atoms with Crippen molar-refractivity contribution in [3.05, 3.63) is 36.0 Å². The third kappa shape index (κ3) is 2.44. The van der Waals surface area contributed by atoms with Crippen molar-refractivity contribution in [2.45, 2.75) is 18.9 Å². The number of aliphatic hydroxyl groups excluding tert-OH is 2. The number of fused-ring (bicyclic) bond motifs is 1. The molecule has 0 saturated heterocycles. The van der Waals surface area contributed by atoms with E-state index in [9.17, 15) is 15.5 Å². The van der Waals surface area contributed by atoms with E-state index in [1.54, 1.807) is 0 Å². The minimum absolute atomic E-state index is 0.221. The van der Waals surface area contributed by atoms with Crippen molar-refractivity contribution in [1.29, 1.82) is 5.26 Å². The molecule has 0 unspecified atom stereocenters. The molecular weight excluding hydrogens is 254 g/mol. The Bertz CT molecular complexity index is 637. The Balaban J connectivity index is 2.60. The maximum atomic E-state index is 9.55. The van der Waals surface area contributed by atoms with Crippen LogP contribution in [0.25, 0.3) is 10.9 Å². The standard InChI is InChI=1S/C15H17N3O2/c1-2-15(9-19,10-20)18-14-11(7-16)8-17-13-6-4-3-5-12(13)14/h3-6,8,19-20H,2,9-10H2,1H3,(H,17,18). The fraction of sp³-hybridized carbons (Fsp3) is 0.333. The van der Waals surface area contributed by atoms with E-state index in [1.165, 1.54) is 6.20 Å². The molecule has 5 nitrogen and oxygen atoms in total. The van der Waals surface area contributed by atoms with Gasteiger partial charge in [0.05, 0.1) is 35.5 Å². The van der Waals surface area contributed by atoms with Crippen LogP contribution in [0.3, 0.4) is 0 Å². The summed E-state index contributed by atoms with van der Waals surface area (Å²) < 4.78 is 0. The van der Waals surface area contributed by atoms with Gasteiger partial charge in [-0.1, -0.05) is 25.1 Å². The lowest BCUT2D eigenvalue weighted by Gasteiger charge is -2.31. The zero-order valence-corrected chi connectivity index (χ0v) is 11.3. The molecule has 20 heavy (non-hydrogen) atoms. The van der Waals surface area contributed by atoms with Crippen molar-refractivity contribution < 1.29 is 10.2 Å². The van der Waals surface area contributed by atoms with Crippen LogP contribution in [-0.4, -0.2) is 33.9 Å². The van der Waals surface area contributed by atoms with Crippen LogP contribution in [0.1, 0.15) is 18.9 Å². The summed E-state index contributed by atoms with van der Waals surface area (Å²) in [6.07, 6.45) is 2.03. The number of para-hydroxylation sites is 1. The number of aromatic nitrogens is 1. The van der Waals surface area contributed by atoms with Crippen molar-refractivity contribution >= 4 is 16.6 Å². The summed E-state index contributed by atoms with van der Waals surface area (Å²) in [5.74, 6) is 0. The Morgan fingerprint density at radius 2 is 2.00 bits per heavy atom. The van der Waals surface area contributed by atoms with Gasteiger partial charge in [-0.05, 0) is 12.5 Å². The first-order valence-corrected chi connectivity index (χ1v) is 6.47. The number of nitrogens with zero attached hydrogens (tertiary/aromatic N) is 2. The molecule has 0 aliphatic carbocycles. The number of rotatable bonds is 5. The Hall–Kier alpha value is -2.16. The van der Waals surface area contributed by atoms with Crippen molar-refractivity contribution in [3.8, 4) is 6.07 Å². The summed E-state index contributed by atoms with van der Waals surface area (Å²) >= 11 is 0. The zero-order chi connectivity index (χ0) is 14.6. The molecule has 3 N–H and O–H groups in total. The second-order valence-corrected chi connectivity index (χ2v) is 4.75. The first kappa shape index (κ1) is 14.3. The van der Waals surface area contributed by atoms with E-state index in [1.807, 2.05) is 31.2 Å². The van der Waals surface area contributed by atoms with Crippen LogP contribution in [-0.2, 0) is 0 Å². The molecule has 1 aromatic carbocycles. The van der Waals surface area contributed by atoms with E-state index in [4.69, 9.17) is 0 Å². The molecular formula is C15H17N3O2. The molecule has 0 bridgehead atoms. The molecule has 0 fully saturated rings. The first-order chi connectivity index (χ1) is 9.69. The van der Waals surface area contributed by atoms with Crippen molar-refractivity contribution in [2.75, 3.05) is 18.5 Å². The second-order valence-electron chi connectivity index (χ2n) is 4.75. The molecule has 104 valence electrons. The molecule has 0 aliphatic rings. The largest absolute Gasteiger partial charge is 0.394 e. The van der Waals surface area contributed by atoms with Gasteiger partial charge in [0, 0.05) is 11.6 Å². The Morgan fingerprint density at radius 3 is 2.60 bits per heavy atom. The van der Waals surface area contributed by atoms with Crippen molar-refractivity contribution in [1.82, 2.24) is 4.98 Å². The quantitative estimate of drug-likeness (QED) is 0.769. The van der Waals surface area contributed by atoms with E-state index in [0.717, 1.165) is 10.9 Å². The highest BCUT2D eigenvalue weighted by molar-refractivity contribution is 5.94. The number of nitriles is 1. The molecule has 0 atom stereocenters. The molecule has 1 aromatic heterocycles. The lowest BCUT2D eigenvalue weighted by atomic mass is 9.96. The van der Waals surface area contributed by atoms with Crippen LogP contribution in [0.4, 0.5) is 5.69 Å². The number of hydrogen-bond acceptors (Lipinski definition) is 5. The van der Waals surface area contributed by atoms with Gasteiger partial charge in [0.2, 0.25) is 0 Å². The summed E-state index contributed by atoms with van der Waals surface area (Å²) in [6.45, 7) is 1.43. The fourth-order valence-corrected chi connectivity index (χ4v) is 2.07. The van der Waals surface area contributed by atoms with Gasteiger partial charge < -0.3 is 15.5 Å². The third-order valence-corrected chi connectivity index (χ3v) is 3.57. The topological polar surface area (TPSA) is 89.2 Å². The van der Waals surface area contributed by atoms with Gasteiger partial charge in [-0.2, -0.15) is 5.26 Å². The van der Waals surface area contributed by atoms with Crippen LogP contribution in [0.2, 0.25) is 0 Å². The van der Waals surface area contributed by atoms with Crippen LogP contribution in [0, 0.1) is 11.3 Å². The zero-order valence-electron chi connectivity index (χ0n) is 11.3. The van der Waals surface area contributed by atoms with E-state index in [2.05, 4.69) is 16.4 Å². The highest BCUT2D eigenvalue weighted by Crippen LogP contribution is 2.29. The monoisotopic (exact) mass is 271 g/mol.